The normalized spacial score (nSPS) is 29.4. The predicted molar refractivity (Wildman–Crippen MR) is 96.3 cm³/mol. The van der Waals surface area contributed by atoms with Crippen LogP contribution in [0.3, 0.4) is 0 Å². The summed E-state index contributed by atoms with van der Waals surface area (Å²) in [6, 6.07) is 6.42. The van der Waals surface area contributed by atoms with Crippen molar-refractivity contribution in [2.75, 3.05) is 26.2 Å². The first-order chi connectivity index (χ1) is 12.3. The number of aromatic nitrogens is 2. The summed E-state index contributed by atoms with van der Waals surface area (Å²) < 4.78 is 0. The number of fused-ring (bicyclic) bond motifs is 3. The third-order valence-corrected chi connectivity index (χ3v) is 6.49. The molecule has 3 fully saturated rings. The first kappa shape index (κ1) is 15.3. The molecule has 2 saturated carbocycles. The van der Waals surface area contributed by atoms with Gasteiger partial charge in [0.15, 0.2) is 0 Å². The predicted octanol–water partition coefficient (Wildman–Crippen LogP) is 2.58. The van der Waals surface area contributed by atoms with Gasteiger partial charge in [-0.2, -0.15) is 0 Å². The number of piperazine rings is 1. The van der Waals surface area contributed by atoms with Crippen molar-refractivity contribution in [3.05, 3.63) is 36.2 Å². The van der Waals surface area contributed by atoms with E-state index in [1.54, 1.807) is 12.4 Å². The van der Waals surface area contributed by atoms with Gasteiger partial charge in [0.05, 0.1) is 11.0 Å². The molecule has 5 nitrogen and oxygen atoms in total. The fourth-order valence-corrected chi connectivity index (χ4v) is 5.19. The maximum Gasteiger partial charge on any atom is 0.254 e. The van der Waals surface area contributed by atoms with Crippen LogP contribution in [0, 0.1) is 11.8 Å². The van der Waals surface area contributed by atoms with E-state index in [0.717, 1.165) is 60.7 Å². The monoisotopic (exact) mass is 336 g/mol. The fourth-order valence-electron chi connectivity index (χ4n) is 5.19. The van der Waals surface area contributed by atoms with Crippen molar-refractivity contribution in [2.24, 2.45) is 11.8 Å². The van der Waals surface area contributed by atoms with Crippen LogP contribution >= 0.6 is 0 Å². The lowest BCUT2D eigenvalue weighted by Gasteiger charge is -2.41. The molecule has 1 aromatic heterocycles. The second-order valence-corrected chi connectivity index (χ2v) is 7.83. The van der Waals surface area contributed by atoms with Crippen LogP contribution in [0.4, 0.5) is 0 Å². The number of amides is 1. The number of carbonyl (C=O) groups excluding carboxylic acids is 1. The summed E-state index contributed by atoms with van der Waals surface area (Å²) in [6.07, 6.45) is 9.06. The molecule has 2 aliphatic carbocycles. The lowest BCUT2D eigenvalue weighted by atomic mass is 9.93. The number of nitrogens with zero attached hydrogens (tertiary/aromatic N) is 4. The van der Waals surface area contributed by atoms with E-state index in [4.69, 9.17) is 0 Å². The Morgan fingerprint density at radius 1 is 0.960 bits per heavy atom. The SMILES string of the molecule is O=C(c1ccc2nccnc2c1)N1CCN([C@@H]2C[C@H]3CC[C@H]2C3)CC1. The van der Waals surface area contributed by atoms with Crippen molar-refractivity contribution in [2.45, 2.75) is 31.7 Å². The van der Waals surface area contributed by atoms with Gasteiger partial charge in [-0.15, -0.1) is 0 Å². The maximum atomic E-state index is 12.9. The molecule has 0 unspecified atom stereocenters. The average Bonchev–Trinajstić information content (AvgIpc) is 3.31. The van der Waals surface area contributed by atoms with Gasteiger partial charge in [-0.25, -0.2) is 0 Å². The number of rotatable bonds is 2. The maximum absolute atomic E-state index is 12.9. The van der Waals surface area contributed by atoms with E-state index in [0.29, 0.717) is 0 Å². The molecule has 1 aromatic carbocycles. The van der Waals surface area contributed by atoms with E-state index in [2.05, 4.69) is 14.9 Å². The summed E-state index contributed by atoms with van der Waals surface area (Å²) in [6.45, 7) is 3.72. The van der Waals surface area contributed by atoms with E-state index < -0.39 is 0 Å². The van der Waals surface area contributed by atoms with Crippen LogP contribution < -0.4 is 0 Å². The molecule has 1 aliphatic heterocycles. The van der Waals surface area contributed by atoms with Crippen LogP contribution in [0.25, 0.3) is 11.0 Å². The number of carbonyl (C=O) groups is 1. The highest BCUT2D eigenvalue weighted by atomic mass is 16.2. The van der Waals surface area contributed by atoms with Crippen LogP contribution in [-0.4, -0.2) is 57.9 Å². The molecule has 5 rings (SSSR count). The Morgan fingerprint density at radius 3 is 2.48 bits per heavy atom. The molecule has 0 N–H and O–H groups in total. The number of hydrogen-bond donors (Lipinski definition) is 0. The first-order valence-corrected chi connectivity index (χ1v) is 9.52. The molecule has 3 atom stereocenters. The third kappa shape index (κ3) is 2.71. The lowest BCUT2D eigenvalue weighted by molar-refractivity contribution is 0.0496. The molecule has 2 aromatic rings. The van der Waals surface area contributed by atoms with Crippen LogP contribution in [0.5, 0.6) is 0 Å². The zero-order chi connectivity index (χ0) is 16.8. The van der Waals surface area contributed by atoms with Crippen molar-refractivity contribution in [1.82, 2.24) is 19.8 Å². The number of benzene rings is 1. The van der Waals surface area contributed by atoms with Crippen LogP contribution in [0.1, 0.15) is 36.0 Å². The van der Waals surface area contributed by atoms with Gasteiger partial charge in [0.2, 0.25) is 0 Å². The van der Waals surface area contributed by atoms with Gasteiger partial charge in [-0.1, -0.05) is 6.42 Å². The Balaban J connectivity index is 1.26. The smallest absolute Gasteiger partial charge is 0.254 e. The summed E-state index contributed by atoms with van der Waals surface area (Å²) in [4.78, 5) is 26.1. The summed E-state index contributed by atoms with van der Waals surface area (Å²) >= 11 is 0. The molecule has 2 heterocycles. The zero-order valence-electron chi connectivity index (χ0n) is 14.5. The Kier molecular flexibility index (Phi) is 3.70. The Morgan fingerprint density at radius 2 is 1.76 bits per heavy atom. The Bertz CT molecular complexity index is 799. The van der Waals surface area contributed by atoms with E-state index in [1.165, 1.54) is 25.7 Å². The summed E-state index contributed by atoms with van der Waals surface area (Å²) in [5, 5.41) is 0. The molecular weight excluding hydrogens is 312 g/mol. The van der Waals surface area contributed by atoms with E-state index in [9.17, 15) is 4.79 Å². The van der Waals surface area contributed by atoms with Crippen LogP contribution in [0.2, 0.25) is 0 Å². The van der Waals surface area contributed by atoms with Gasteiger partial charge in [0.25, 0.3) is 5.91 Å². The van der Waals surface area contributed by atoms with E-state index >= 15 is 0 Å². The van der Waals surface area contributed by atoms with Gasteiger partial charge < -0.3 is 4.90 Å². The van der Waals surface area contributed by atoms with Crippen molar-refractivity contribution < 1.29 is 4.79 Å². The minimum absolute atomic E-state index is 0.125. The zero-order valence-corrected chi connectivity index (χ0v) is 14.5. The van der Waals surface area contributed by atoms with Crippen molar-refractivity contribution in [1.29, 1.82) is 0 Å². The lowest BCUT2D eigenvalue weighted by Crippen LogP contribution is -2.53. The van der Waals surface area contributed by atoms with Crippen LogP contribution in [-0.2, 0) is 0 Å². The molecule has 25 heavy (non-hydrogen) atoms. The largest absolute Gasteiger partial charge is 0.336 e. The van der Waals surface area contributed by atoms with E-state index in [1.807, 2.05) is 23.1 Å². The minimum atomic E-state index is 0.125. The van der Waals surface area contributed by atoms with Crippen molar-refractivity contribution >= 4 is 16.9 Å². The van der Waals surface area contributed by atoms with Gasteiger partial charge >= 0.3 is 0 Å². The van der Waals surface area contributed by atoms with E-state index in [-0.39, 0.29) is 5.91 Å². The summed E-state index contributed by atoms with van der Waals surface area (Å²) in [7, 11) is 0. The van der Waals surface area contributed by atoms with Gasteiger partial charge in [0, 0.05) is 50.2 Å². The molecular formula is C20H24N4O. The second kappa shape index (κ2) is 6.06. The molecule has 3 aliphatic rings. The highest BCUT2D eigenvalue weighted by molar-refractivity contribution is 5.97. The van der Waals surface area contributed by atoms with Gasteiger partial charge in [0.1, 0.15) is 0 Å². The van der Waals surface area contributed by atoms with Gasteiger partial charge in [-0.3, -0.25) is 19.7 Å². The molecule has 0 spiro atoms. The highest BCUT2D eigenvalue weighted by Crippen LogP contribution is 2.46. The Labute approximate surface area is 148 Å². The first-order valence-electron chi connectivity index (χ1n) is 9.52. The van der Waals surface area contributed by atoms with Crippen molar-refractivity contribution in [3.8, 4) is 0 Å². The molecule has 0 radical (unpaired) electrons. The standard InChI is InChI=1S/C20H24N4O/c25-20(16-3-4-17-18(13-16)22-6-5-21-17)24-9-7-23(8-10-24)19-12-14-1-2-15(19)11-14/h3-6,13-15,19H,1-2,7-12H2/t14-,15-,19+/m0/s1. The molecule has 5 heteroatoms. The minimum Gasteiger partial charge on any atom is -0.336 e. The third-order valence-electron chi connectivity index (χ3n) is 6.49. The Hall–Kier alpha value is -2.01. The van der Waals surface area contributed by atoms with Crippen molar-refractivity contribution in [3.63, 3.8) is 0 Å². The summed E-state index contributed by atoms with van der Waals surface area (Å²) in [5.41, 5.74) is 2.34. The quantitative estimate of drug-likeness (QED) is 0.846. The summed E-state index contributed by atoms with van der Waals surface area (Å²) in [5.74, 6) is 2.03. The molecule has 1 amide bonds. The average molecular weight is 336 g/mol. The molecule has 1 saturated heterocycles. The fraction of sp³-hybridized carbons (Fsp3) is 0.550. The molecule has 130 valence electrons. The number of hydrogen-bond acceptors (Lipinski definition) is 4. The van der Waals surface area contributed by atoms with Gasteiger partial charge in [-0.05, 0) is 49.3 Å². The highest BCUT2D eigenvalue weighted by Gasteiger charge is 2.42. The van der Waals surface area contributed by atoms with Crippen LogP contribution in [0.15, 0.2) is 30.6 Å². The molecule has 2 bridgehead atoms. The second-order valence-electron chi connectivity index (χ2n) is 7.83. The topological polar surface area (TPSA) is 49.3 Å².